The maximum absolute atomic E-state index is 9.62. The summed E-state index contributed by atoms with van der Waals surface area (Å²) in [5, 5.41) is 9.62. The molecule has 0 aliphatic heterocycles. The molecule has 0 bridgehead atoms. The molecule has 1 atom stereocenters. The van der Waals surface area contributed by atoms with E-state index in [1.54, 1.807) is 25.3 Å². The van der Waals surface area contributed by atoms with Crippen molar-refractivity contribution in [2.45, 2.75) is 12.5 Å². The van der Waals surface area contributed by atoms with E-state index in [9.17, 15) is 5.11 Å². The van der Waals surface area contributed by atoms with Gasteiger partial charge in [-0.2, -0.15) is 0 Å². The molecule has 0 radical (unpaired) electrons. The zero-order valence-corrected chi connectivity index (χ0v) is 9.46. The number of phenols is 1. The molecule has 1 rings (SSSR count). The van der Waals surface area contributed by atoms with E-state index in [2.05, 4.69) is 0 Å². The van der Waals surface area contributed by atoms with Crippen LogP contribution in [0.3, 0.4) is 0 Å². The van der Waals surface area contributed by atoms with Crippen molar-refractivity contribution < 1.29 is 9.84 Å². The predicted octanol–water partition coefficient (Wildman–Crippen LogP) is 1.17. The van der Waals surface area contributed by atoms with E-state index in [1.807, 2.05) is 0 Å². The van der Waals surface area contributed by atoms with Crippen LogP contribution in [0.2, 0.25) is 0 Å². The molecule has 0 fully saturated rings. The van der Waals surface area contributed by atoms with Gasteiger partial charge in [0.05, 0.1) is 12.7 Å². The fourth-order valence-electron chi connectivity index (χ4n) is 1.41. The third-order valence-electron chi connectivity index (χ3n) is 2.11. The Labute approximate surface area is 95.6 Å². The van der Waals surface area contributed by atoms with E-state index < -0.39 is 0 Å². The summed E-state index contributed by atoms with van der Waals surface area (Å²) in [5.74, 6) is 0.760. The monoisotopic (exact) mass is 232 g/mol. The van der Waals surface area contributed by atoms with Crippen LogP contribution in [0.1, 0.15) is 18.0 Å². The van der Waals surface area contributed by atoms with Gasteiger partial charge in [0.1, 0.15) is 11.5 Å². The Kier molecular flexibility index (Phi) is 6.08. The summed E-state index contributed by atoms with van der Waals surface area (Å²) < 4.78 is 5.11. The first-order valence-electron chi connectivity index (χ1n) is 4.52. The van der Waals surface area contributed by atoms with Crippen LogP contribution in [-0.2, 0) is 0 Å². The number of hydrogen-bond donors (Lipinski definition) is 3. The Morgan fingerprint density at radius 3 is 2.67 bits per heavy atom. The molecule has 15 heavy (non-hydrogen) atoms. The Morgan fingerprint density at radius 1 is 1.47 bits per heavy atom. The number of benzene rings is 1. The van der Waals surface area contributed by atoms with Crippen molar-refractivity contribution in [1.82, 2.24) is 0 Å². The van der Waals surface area contributed by atoms with Gasteiger partial charge in [0.15, 0.2) is 0 Å². The normalized spacial score (nSPS) is 11.7. The molecule has 0 saturated heterocycles. The highest BCUT2D eigenvalue weighted by atomic mass is 35.5. The first kappa shape index (κ1) is 14.0. The van der Waals surface area contributed by atoms with Gasteiger partial charge in [-0.05, 0) is 25.1 Å². The maximum Gasteiger partial charge on any atom is 0.127 e. The molecule has 0 spiro atoms. The fraction of sp³-hybridized carbons (Fsp3) is 0.400. The zero-order chi connectivity index (χ0) is 10.6. The number of aromatic hydroxyl groups is 1. The molecule has 0 aliphatic carbocycles. The van der Waals surface area contributed by atoms with Gasteiger partial charge in [-0.15, -0.1) is 12.4 Å². The number of nitrogens with two attached hydrogens (primary N) is 2. The standard InChI is InChI=1S/C10H16N2O2.ClH/c1-14-9-4-2-3-8(13)10(9)7(12)5-6-11;/h2-4,7,13H,5-6,11-12H2,1H3;1H/t7-;/m0./s1. The largest absolute Gasteiger partial charge is 0.507 e. The SMILES string of the molecule is COc1cccc(O)c1[C@@H](N)CCN.Cl. The predicted molar refractivity (Wildman–Crippen MR) is 62.5 cm³/mol. The Balaban J connectivity index is 0.00000196. The third-order valence-corrected chi connectivity index (χ3v) is 2.11. The molecule has 0 saturated carbocycles. The zero-order valence-electron chi connectivity index (χ0n) is 8.64. The molecule has 0 aliphatic rings. The molecular weight excluding hydrogens is 216 g/mol. The second-order valence-electron chi connectivity index (χ2n) is 3.08. The second-order valence-corrected chi connectivity index (χ2v) is 3.08. The van der Waals surface area contributed by atoms with E-state index in [0.29, 0.717) is 24.3 Å². The summed E-state index contributed by atoms with van der Waals surface area (Å²) in [4.78, 5) is 0. The molecule has 0 heterocycles. The molecule has 5 N–H and O–H groups in total. The molecule has 0 unspecified atom stereocenters. The number of halogens is 1. The lowest BCUT2D eigenvalue weighted by Gasteiger charge is -2.16. The van der Waals surface area contributed by atoms with Crippen molar-refractivity contribution in [2.75, 3.05) is 13.7 Å². The average molecular weight is 233 g/mol. The number of methoxy groups -OCH3 is 1. The van der Waals surface area contributed by atoms with Gasteiger partial charge in [-0.3, -0.25) is 0 Å². The summed E-state index contributed by atoms with van der Waals surface area (Å²) in [6.45, 7) is 0.485. The first-order chi connectivity index (χ1) is 6.70. The summed E-state index contributed by atoms with van der Waals surface area (Å²) in [7, 11) is 1.55. The van der Waals surface area contributed by atoms with Crippen molar-refractivity contribution in [3.8, 4) is 11.5 Å². The quantitative estimate of drug-likeness (QED) is 0.728. The van der Waals surface area contributed by atoms with E-state index >= 15 is 0 Å². The van der Waals surface area contributed by atoms with Crippen LogP contribution < -0.4 is 16.2 Å². The summed E-state index contributed by atoms with van der Waals surface area (Å²) >= 11 is 0. The topological polar surface area (TPSA) is 81.5 Å². The van der Waals surface area contributed by atoms with Crippen LogP contribution in [0.15, 0.2) is 18.2 Å². The molecule has 0 amide bonds. The van der Waals surface area contributed by atoms with Gasteiger partial charge in [0.25, 0.3) is 0 Å². The maximum atomic E-state index is 9.62. The van der Waals surface area contributed by atoms with Crippen LogP contribution in [0.25, 0.3) is 0 Å². The highest BCUT2D eigenvalue weighted by molar-refractivity contribution is 5.85. The van der Waals surface area contributed by atoms with Crippen molar-refractivity contribution in [2.24, 2.45) is 11.5 Å². The number of hydrogen-bond acceptors (Lipinski definition) is 4. The minimum Gasteiger partial charge on any atom is -0.507 e. The van der Waals surface area contributed by atoms with Crippen molar-refractivity contribution in [1.29, 1.82) is 0 Å². The Morgan fingerprint density at radius 2 is 2.13 bits per heavy atom. The van der Waals surface area contributed by atoms with Gasteiger partial charge < -0.3 is 21.3 Å². The lowest BCUT2D eigenvalue weighted by atomic mass is 10.0. The lowest BCUT2D eigenvalue weighted by molar-refractivity contribution is 0.392. The van der Waals surface area contributed by atoms with Crippen LogP contribution in [0.5, 0.6) is 11.5 Å². The van der Waals surface area contributed by atoms with Gasteiger partial charge in [-0.1, -0.05) is 6.07 Å². The summed E-state index contributed by atoms with van der Waals surface area (Å²) in [6.07, 6.45) is 0.619. The molecule has 1 aromatic rings. The van der Waals surface area contributed by atoms with Gasteiger partial charge >= 0.3 is 0 Å². The van der Waals surface area contributed by atoms with Crippen LogP contribution in [0.4, 0.5) is 0 Å². The smallest absolute Gasteiger partial charge is 0.127 e. The van der Waals surface area contributed by atoms with Gasteiger partial charge in [-0.25, -0.2) is 0 Å². The van der Waals surface area contributed by atoms with Crippen LogP contribution in [-0.4, -0.2) is 18.8 Å². The van der Waals surface area contributed by atoms with Gasteiger partial charge in [0.2, 0.25) is 0 Å². The minimum absolute atomic E-state index is 0. The first-order valence-corrected chi connectivity index (χ1v) is 4.52. The Bertz CT molecular complexity index is 307. The second kappa shape index (κ2) is 6.50. The summed E-state index contributed by atoms with van der Waals surface area (Å²) in [5.41, 5.74) is 11.9. The average Bonchev–Trinajstić information content (AvgIpc) is 2.17. The number of phenolic OH excluding ortho intramolecular Hbond substituents is 1. The van der Waals surface area contributed by atoms with Crippen molar-refractivity contribution in [3.63, 3.8) is 0 Å². The highest BCUT2D eigenvalue weighted by Crippen LogP contribution is 2.32. The Hall–Kier alpha value is -0.970. The lowest BCUT2D eigenvalue weighted by Crippen LogP contribution is -2.16. The third kappa shape index (κ3) is 3.27. The van der Waals surface area contributed by atoms with Crippen molar-refractivity contribution >= 4 is 12.4 Å². The fourth-order valence-corrected chi connectivity index (χ4v) is 1.41. The molecule has 4 nitrogen and oxygen atoms in total. The summed E-state index contributed by atoms with van der Waals surface area (Å²) in [6, 6.07) is 4.79. The van der Waals surface area contributed by atoms with E-state index in [4.69, 9.17) is 16.2 Å². The van der Waals surface area contributed by atoms with E-state index in [1.165, 1.54) is 0 Å². The minimum atomic E-state index is -0.281. The number of ether oxygens (including phenoxy) is 1. The highest BCUT2D eigenvalue weighted by Gasteiger charge is 2.15. The molecule has 1 aromatic carbocycles. The van der Waals surface area contributed by atoms with E-state index in [-0.39, 0.29) is 24.2 Å². The van der Waals surface area contributed by atoms with Crippen molar-refractivity contribution in [3.05, 3.63) is 23.8 Å². The molecule has 86 valence electrons. The van der Waals surface area contributed by atoms with Gasteiger partial charge in [0, 0.05) is 6.04 Å². The number of rotatable bonds is 4. The molecular formula is C10H17ClN2O2. The van der Waals surface area contributed by atoms with E-state index in [0.717, 1.165) is 0 Å². The molecule has 5 heteroatoms. The van der Waals surface area contributed by atoms with Crippen LogP contribution >= 0.6 is 12.4 Å². The molecule has 0 aromatic heterocycles. The van der Waals surface area contributed by atoms with Crippen LogP contribution in [0, 0.1) is 0 Å².